The minimum atomic E-state index is -3.32. The highest BCUT2D eigenvalue weighted by atomic mass is 79.9. The van der Waals surface area contributed by atoms with Gasteiger partial charge in [0.25, 0.3) is 10.0 Å². The molecular formula is C8H8BrN3O2S. The molecule has 7 heteroatoms. The molecule has 1 aromatic rings. The number of sulfonamides is 1. The van der Waals surface area contributed by atoms with E-state index in [1.54, 1.807) is 12.1 Å². The van der Waals surface area contributed by atoms with Gasteiger partial charge < -0.3 is 0 Å². The summed E-state index contributed by atoms with van der Waals surface area (Å²) in [5.74, 6) is 0. The van der Waals surface area contributed by atoms with Crippen LogP contribution in [0.2, 0.25) is 0 Å². The molecule has 0 aromatic heterocycles. The van der Waals surface area contributed by atoms with Crippen LogP contribution in [0.3, 0.4) is 0 Å². The van der Waals surface area contributed by atoms with Crippen LogP contribution in [0.1, 0.15) is 0 Å². The van der Waals surface area contributed by atoms with Gasteiger partial charge in [-0.2, -0.15) is 4.41 Å². The van der Waals surface area contributed by atoms with Gasteiger partial charge in [0, 0.05) is 4.47 Å². The van der Waals surface area contributed by atoms with E-state index in [0.29, 0.717) is 11.4 Å². The molecule has 15 heavy (non-hydrogen) atoms. The number of aliphatic imine (C=N–C) groups is 1. The molecule has 1 N–H and O–H groups in total. The third-order valence-corrected chi connectivity index (χ3v) is 3.24. The fraction of sp³-hybridized carbons (Fsp3) is 0.125. The van der Waals surface area contributed by atoms with Crippen LogP contribution in [0.15, 0.2) is 27.7 Å². The van der Waals surface area contributed by atoms with Gasteiger partial charge >= 0.3 is 0 Å². The monoisotopic (exact) mass is 289 g/mol. The van der Waals surface area contributed by atoms with E-state index in [1.165, 1.54) is 6.34 Å². The number of hydrogen-bond donors (Lipinski definition) is 1. The molecule has 0 saturated heterocycles. The van der Waals surface area contributed by atoms with Crippen molar-refractivity contribution in [3.63, 3.8) is 0 Å². The minimum Gasteiger partial charge on any atom is -0.281 e. The quantitative estimate of drug-likeness (QED) is 0.856. The number of nitrogens with one attached hydrogen (secondary N) is 1. The third-order valence-electron chi connectivity index (χ3n) is 1.85. The van der Waals surface area contributed by atoms with Crippen molar-refractivity contribution >= 4 is 43.7 Å². The Morgan fingerprint density at radius 2 is 2.20 bits per heavy atom. The highest BCUT2D eigenvalue weighted by molar-refractivity contribution is 9.10. The molecule has 0 unspecified atom stereocenters. The summed E-state index contributed by atoms with van der Waals surface area (Å²) in [4.78, 5) is 4.02. The second kappa shape index (κ2) is 3.49. The first-order valence-corrected chi connectivity index (χ1v) is 6.71. The Labute approximate surface area is 96.0 Å². The predicted molar refractivity (Wildman–Crippen MR) is 62.6 cm³/mol. The minimum absolute atomic E-state index is 0.650. The van der Waals surface area contributed by atoms with Crippen LogP contribution in [-0.2, 0) is 10.0 Å². The zero-order valence-electron chi connectivity index (χ0n) is 7.81. The van der Waals surface area contributed by atoms with E-state index in [2.05, 4.69) is 26.3 Å². The third kappa shape index (κ3) is 2.13. The number of anilines is 1. The molecule has 0 fully saturated rings. The molecule has 2 rings (SSSR count). The summed E-state index contributed by atoms with van der Waals surface area (Å²) in [5, 5.41) is 0. The molecule has 0 saturated carbocycles. The highest BCUT2D eigenvalue weighted by Crippen LogP contribution is 2.31. The van der Waals surface area contributed by atoms with Crippen LogP contribution >= 0.6 is 15.9 Å². The smallest absolute Gasteiger partial charge is 0.250 e. The Morgan fingerprint density at radius 1 is 1.47 bits per heavy atom. The molecule has 0 aliphatic carbocycles. The number of benzene rings is 1. The molecule has 1 aliphatic rings. The molecule has 1 aliphatic heterocycles. The van der Waals surface area contributed by atoms with Crippen LogP contribution in [0.25, 0.3) is 0 Å². The van der Waals surface area contributed by atoms with Crippen molar-refractivity contribution < 1.29 is 8.42 Å². The standard InChI is InChI=1S/C8H8BrN3O2S/c1-15(13,14)12-5-10-7-3-2-6(9)4-8(7)11-12/h2-5,11H,1H3. The van der Waals surface area contributed by atoms with Crippen molar-refractivity contribution in [3.8, 4) is 0 Å². The Hall–Kier alpha value is -1.08. The average Bonchev–Trinajstić information content (AvgIpc) is 2.15. The first kappa shape index (κ1) is 10.4. The summed E-state index contributed by atoms with van der Waals surface area (Å²) >= 11 is 3.30. The van der Waals surface area contributed by atoms with Crippen molar-refractivity contribution in [2.24, 2.45) is 4.99 Å². The SMILES string of the molecule is CS(=O)(=O)N1C=Nc2ccc(Br)cc2N1. The summed E-state index contributed by atoms with van der Waals surface area (Å²) in [7, 11) is -3.32. The second-order valence-corrected chi connectivity index (χ2v) is 5.85. The van der Waals surface area contributed by atoms with Gasteiger partial charge in [0.05, 0.1) is 17.6 Å². The Bertz CT molecular complexity index is 527. The summed E-state index contributed by atoms with van der Waals surface area (Å²) in [6, 6.07) is 5.40. The van der Waals surface area contributed by atoms with Crippen LogP contribution in [0.4, 0.5) is 11.4 Å². The van der Waals surface area contributed by atoms with E-state index in [1.807, 2.05) is 6.07 Å². The summed E-state index contributed by atoms with van der Waals surface area (Å²) in [6.45, 7) is 0. The molecule has 0 spiro atoms. The van der Waals surface area contributed by atoms with E-state index in [9.17, 15) is 8.42 Å². The molecular weight excluding hydrogens is 282 g/mol. The van der Waals surface area contributed by atoms with Crippen molar-refractivity contribution in [3.05, 3.63) is 22.7 Å². The van der Waals surface area contributed by atoms with Crippen LogP contribution in [0, 0.1) is 0 Å². The zero-order valence-corrected chi connectivity index (χ0v) is 10.2. The number of rotatable bonds is 1. The largest absolute Gasteiger partial charge is 0.281 e. The Balaban J connectivity index is 2.42. The van der Waals surface area contributed by atoms with Gasteiger partial charge in [-0.25, -0.2) is 13.4 Å². The van der Waals surface area contributed by atoms with Gasteiger partial charge in [0.15, 0.2) is 0 Å². The molecule has 1 heterocycles. The van der Waals surface area contributed by atoms with Crippen molar-refractivity contribution in [1.29, 1.82) is 0 Å². The highest BCUT2D eigenvalue weighted by Gasteiger charge is 2.18. The van der Waals surface area contributed by atoms with Crippen molar-refractivity contribution in [1.82, 2.24) is 4.41 Å². The zero-order chi connectivity index (χ0) is 11.1. The number of nitrogens with zero attached hydrogens (tertiary/aromatic N) is 2. The number of halogens is 1. The molecule has 80 valence electrons. The molecule has 0 bridgehead atoms. The lowest BCUT2D eigenvalue weighted by Gasteiger charge is -2.23. The van der Waals surface area contributed by atoms with Crippen LogP contribution < -0.4 is 5.43 Å². The lowest BCUT2D eigenvalue weighted by atomic mass is 10.3. The van der Waals surface area contributed by atoms with Gasteiger partial charge in [-0.15, -0.1) is 0 Å². The summed E-state index contributed by atoms with van der Waals surface area (Å²) in [5.41, 5.74) is 4.10. The lowest BCUT2D eigenvalue weighted by Crippen LogP contribution is -2.35. The maximum atomic E-state index is 11.2. The van der Waals surface area contributed by atoms with E-state index < -0.39 is 10.0 Å². The number of fused-ring (bicyclic) bond motifs is 1. The first-order chi connectivity index (χ1) is 6.97. The van der Waals surface area contributed by atoms with Crippen LogP contribution in [-0.4, -0.2) is 25.4 Å². The lowest BCUT2D eigenvalue weighted by molar-refractivity contribution is 0.559. The Kier molecular flexibility index (Phi) is 2.43. The molecule has 0 radical (unpaired) electrons. The maximum absolute atomic E-state index is 11.2. The van der Waals surface area contributed by atoms with Gasteiger partial charge in [-0.3, -0.25) is 5.43 Å². The second-order valence-electron chi connectivity index (χ2n) is 3.08. The Morgan fingerprint density at radius 3 is 2.87 bits per heavy atom. The van der Waals surface area contributed by atoms with Crippen molar-refractivity contribution in [2.75, 3.05) is 11.7 Å². The predicted octanol–water partition coefficient (Wildman–Crippen LogP) is 1.71. The van der Waals surface area contributed by atoms with Gasteiger partial charge in [-0.1, -0.05) is 15.9 Å². The fourth-order valence-electron chi connectivity index (χ4n) is 1.14. The number of hydrazine groups is 1. The summed E-state index contributed by atoms with van der Waals surface area (Å²) in [6.07, 6.45) is 2.35. The molecule has 0 amide bonds. The first-order valence-electron chi connectivity index (χ1n) is 4.06. The fourth-order valence-corrected chi connectivity index (χ4v) is 1.98. The van der Waals surface area contributed by atoms with Gasteiger partial charge in [0.1, 0.15) is 6.34 Å². The number of hydrogen-bond acceptors (Lipinski definition) is 4. The molecule has 0 atom stereocenters. The normalized spacial score (nSPS) is 14.7. The molecule has 1 aromatic carbocycles. The average molecular weight is 290 g/mol. The van der Waals surface area contributed by atoms with E-state index in [4.69, 9.17) is 0 Å². The maximum Gasteiger partial charge on any atom is 0.250 e. The van der Waals surface area contributed by atoms with E-state index in [0.717, 1.165) is 15.1 Å². The molecule has 5 nitrogen and oxygen atoms in total. The van der Waals surface area contributed by atoms with E-state index >= 15 is 0 Å². The van der Waals surface area contributed by atoms with Gasteiger partial charge in [0.2, 0.25) is 0 Å². The van der Waals surface area contributed by atoms with Crippen LogP contribution in [0.5, 0.6) is 0 Å². The topological polar surface area (TPSA) is 61.8 Å². The van der Waals surface area contributed by atoms with E-state index in [-0.39, 0.29) is 0 Å². The van der Waals surface area contributed by atoms with Crippen molar-refractivity contribution in [2.45, 2.75) is 0 Å². The van der Waals surface area contributed by atoms with Gasteiger partial charge in [-0.05, 0) is 18.2 Å². The summed E-state index contributed by atoms with van der Waals surface area (Å²) < 4.78 is 24.3.